The fourth-order valence-electron chi connectivity index (χ4n) is 5.85. The molecule has 3 heterocycles. The average Bonchev–Trinajstić information content (AvgIpc) is 3.38. The SMILES string of the molecule is Oc1ccccc1-n1c2ccccc2c2ccc(-c3cccc(Sc4cc(-c5cccc6ccccc56)ccn4)c3)nc21. The maximum absolute atomic E-state index is 10.8. The van der Waals surface area contributed by atoms with Crippen LogP contribution in [0.2, 0.25) is 0 Å². The van der Waals surface area contributed by atoms with Crippen molar-refractivity contribution >= 4 is 44.5 Å². The zero-order valence-electron chi connectivity index (χ0n) is 23.1. The van der Waals surface area contributed by atoms with Gasteiger partial charge in [0.25, 0.3) is 0 Å². The molecular formula is C38H25N3OS. The smallest absolute Gasteiger partial charge is 0.146 e. The molecule has 1 N–H and O–H groups in total. The number of hydrogen-bond donors (Lipinski definition) is 1. The van der Waals surface area contributed by atoms with Gasteiger partial charge in [0, 0.05) is 27.4 Å². The van der Waals surface area contributed by atoms with E-state index in [4.69, 9.17) is 4.98 Å². The van der Waals surface area contributed by atoms with Crippen molar-refractivity contribution in [3.05, 3.63) is 146 Å². The van der Waals surface area contributed by atoms with E-state index < -0.39 is 0 Å². The molecule has 0 aliphatic heterocycles. The van der Waals surface area contributed by atoms with Crippen molar-refractivity contribution in [2.75, 3.05) is 0 Å². The van der Waals surface area contributed by atoms with Gasteiger partial charge in [-0.2, -0.15) is 0 Å². The lowest BCUT2D eigenvalue weighted by Crippen LogP contribution is -1.96. The highest BCUT2D eigenvalue weighted by atomic mass is 32.2. The van der Waals surface area contributed by atoms with Crippen molar-refractivity contribution in [2.24, 2.45) is 0 Å². The van der Waals surface area contributed by atoms with Crippen LogP contribution in [0.1, 0.15) is 0 Å². The van der Waals surface area contributed by atoms with Crippen molar-refractivity contribution in [1.82, 2.24) is 14.5 Å². The maximum Gasteiger partial charge on any atom is 0.146 e. The molecule has 204 valence electrons. The van der Waals surface area contributed by atoms with Crippen LogP contribution >= 0.6 is 11.8 Å². The van der Waals surface area contributed by atoms with Crippen molar-refractivity contribution in [3.63, 3.8) is 0 Å². The highest BCUT2D eigenvalue weighted by Crippen LogP contribution is 2.37. The van der Waals surface area contributed by atoms with Crippen molar-refractivity contribution < 1.29 is 5.11 Å². The fraction of sp³-hybridized carbons (Fsp3) is 0. The second kappa shape index (κ2) is 10.5. The van der Waals surface area contributed by atoms with Crippen LogP contribution in [0, 0.1) is 0 Å². The minimum atomic E-state index is 0.217. The molecule has 4 nitrogen and oxygen atoms in total. The Hall–Kier alpha value is -5.39. The van der Waals surface area contributed by atoms with E-state index >= 15 is 0 Å². The molecule has 0 fully saturated rings. The number of nitrogens with zero attached hydrogens (tertiary/aromatic N) is 3. The number of aromatic hydroxyl groups is 1. The Morgan fingerprint density at radius 1 is 0.605 bits per heavy atom. The Kier molecular flexibility index (Phi) is 6.16. The van der Waals surface area contributed by atoms with Crippen LogP contribution in [-0.2, 0) is 0 Å². The van der Waals surface area contributed by atoms with Gasteiger partial charge in [-0.05, 0) is 76.5 Å². The maximum atomic E-state index is 10.8. The molecule has 0 unspecified atom stereocenters. The first-order valence-electron chi connectivity index (χ1n) is 14.1. The van der Waals surface area contributed by atoms with Crippen LogP contribution in [0.5, 0.6) is 5.75 Å². The van der Waals surface area contributed by atoms with Crippen LogP contribution in [0.25, 0.3) is 60.8 Å². The van der Waals surface area contributed by atoms with Crippen molar-refractivity contribution in [3.8, 4) is 33.8 Å². The summed E-state index contributed by atoms with van der Waals surface area (Å²) in [4.78, 5) is 10.9. The number of pyridine rings is 2. The van der Waals surface area contributed by atoms with Gasteiger partial charge in [0.1, 0.15) is 16.4 Å². The molecule has 8 rings (SSSR count). The first-order valence-corrected chi connectivity index (χ1v) is 15.0. The predicted molar refractivity (Wildman–Crippen MR) is 177 cm³/mol. The standard InChI is InChI=1S/C38H25N3OS/c42-36-18-6-5-17-35(36)41-34-16-4-3-14-31(34)32-19-20-33(40-38(32)41)27-11-7-12-28(23-27)43-37-24-26(21-22-39-37)30-15-8-10-25-9-1-2-13-29(25)30/h1-24,42H. The highest BCUT2D eigenvalue weighted by molar-refractivity contribution is 7.99. The quantitative estimate of drug-likeness (QED) is 0.223. The number of para-hydroxylation sites is 3. The zero-order chi connectivity index (χ0) is 28.8. The Morgan fingerprint density at radius 2 is 1.40 bits per heavy atom. The van der Waals surface area contributed by atoms with Gasteiger partial charge < -0.3 is 5.11 Å². The summed E-state index contributed by atoms with van der Waals surface area (Å²) in [7, 11) is 0. The molecule has 5 heteroatoms. The van der Waals surface area contributed by atoms with Crippen LogP contribution < -0.4 is 0 Å². The van der Waals surface area contributed by atoms with Crippen LogP contribution in [-0.4, -0.2) is 19.6 Å². The van der Waals surface area contributed by atoms with E-state index in [1.54, 1.807) is 17.8 Å². The van der Waals surface area contributed by atoms with E-state index in [2.05, 4.69) is 108 Å². The Labute approximate surface area is 252 Å². The van der Waals surface area contributed by atoms with Gasteiger partial charge in [-0.3, -0.25) is 4.57 Å². The summed E-state index contributed by atoms with van der Waals surface area (Å²) in [6.07, 6.45) is 1.89. The number of benzene rings is 5. The lowest BCUT2D eigenvalue weighted by Gasteiger charge is -2.10. The molecule has 0 aliphatic rings. The molecule has 0 atom stereocenters. The molecule has 0 saturated carbocycles. The number of rotatable bonds is 5. The predicted octanol–water partition coefficient (Wildman–Crippen LogP) is 9.92. The molecule has 0 radical (unpaired) electrons. The van der Waals surface area contributed by atoms with E-state index in [0.717, 1.165) is 48.7 Å². The normalized spacial score (nSPS) is 11.4. The Morgan fingerprint density at radius 3 is 2.33 bits per heavy atom. The lowest BCUT2D eigenvalue weighted by atomic mass is 9.99. The van der Waals surface area contributed by atoms with Gasteiger partial charge in [-0.15, -0.1) is 0 Å². The van der Waals surface area contributed by atoms with Gasteiger partial charge in [0.15, 0.2) is 0 Å². The molecule has 0 saturated heterocycles. The van der Waals surface area contributed by atoms with E-state index in [1.165, 1.54) is 16.3 Å². The summed E-state index contributed by atoms with van der Waals surface area (Å²) in [6, 6.07) is 47.4. The average molecular weight is 572 g/mol. The number of fused-ring (bicyclic) bond motifs is 4. The summed E-state index contributed by atoms with van der Waals surface area (Å²) in [5, 5.41) is 16.3. The third kappa shape index (κ3) is 4.51. The first-order chi connectivity index (χ1) is 21.2. The highest BCUT2D eigenvalue weighted by Gasteiger charge is 2.16. The zero-order valence-corrected chi connectivity index (χ0v) is 23.9. The van der Waals surface area contributed by atoms with Crippen LogP contribution in [0.15, 0.2) is 156 Å². The van der Waals surface area contributed by atoms with Crippen molar-refractivity contribution in [1.29, 1.82) is 0 Å². The molecule has 0 bridgehead atoms. The van der Waals surface area contributed by atoms with Crippen LogP contribution in [0.3, 0.4) is 0 Å². The molecule has 0 spiro atoms. The van der Waals surface area contributed by atoms with Gasteiger partial charge in [-0.25, -0.2) is 9.97 Å². The molecule has 5 aromatic carbocycles. The molecule has 43 heavy (non-hydrogen) atoms. The van der Waals surface area contributed by atoms with Gasteiger partial charge >= 0.3 is 0 Å². The topological polar surface area (TPSA) is 50.9 Å². The second-order valence-electron chi connectivity index (χ2n) is 10.4. The van der Waals surface area contributed by atoms with Gasteiger partial charge in [0.05, 0.1) is 16.9 Å². The number of phenols is 1. The van der Waals surface area contributed by atoms with E-state index in [0.29, 0.717) is 5.69 Å². The number of aromatic nitrogens is 3. The molecule has 8 aromatic rings. The summed E-state index contributed by atoms with van der Waals surface area (Å²) in [5.41, 5.74) is 6.76. The largest absolute Gasteiger partial charge is 0.506 e. The third-order valence-corrected chi connectivity index (χ3v) is 8.75. The first kappa shape index (κ1) is 25.3. The number of phenolic OH excluding ortho intramolecular Hbond substituents is 1. The molecule has 0 amide bonds. The summed E-state index contributed by atoms with van der Waals surface area (Å²) in [6.45, 7) is 0. The molecule has 3 aromatic heterocycles. The Balaban J connectivity index is 1.18. The summed E-state index contributed by atoms with van der Waals surface area (Å²) in [5.74, 6) is 0.217. The van der Waals surface area contributed by atoms with E-state index in [-0.39, 0.29) is 5.75 Å². The molecular weight excluding hydrogens is 547 g/mol. The lowest BCUT2D eigenvalue weighted by molar-refractivity contribution is 0.473. The minimum absolute atomic E-state index is 0.217. The van der Waals surface area contributed by atoms with E-state index in [1.807, 2.05) is 41.1 Å². The fourth-order valence-corrected chi connectivity index (χ4v) is 6.72. The number of hydrogen-bond acceptors (Lipinski definition) is 4. The monoisotopic (exact) mass is 571 g/mol. The third-order valence-electron chi connectivity index (χ3n) is 7.83. The Bertz CT molecular complexity index is 2300. The summed E-state index contributed by atoms with van der Waals surface area (Å²) >= 11 is 1.64. The van der Waals surface area contributed by atoms with Gasteiger partial charge in [0.2, 0.25) is 0 Å². The minimum Gasteiger partial charge on any atom is -0.506 e. The van der Waals surface area contributed by atoms with E-state index in [9.17, 15) is 5.11 Å². The van der Waals surface area contributed by atoms with Crippen molar-refractivity contribution in [2.45, 2.75) is 9.92 Å². The van der Waals surface area contributed by atoms with Gasteiger partial charge in [-0.1, -0.05) is 96.7 Å². The second-order valence-corrected chi connectivity index (χ2v) is 11.5. The summed E-state index contributed by atoms with van der Waals surface area (Å²) < 4.78 is 2.05. The molecule has 0 aliphatic carbocycles. The van der Waals surface area contributed by atoms with Crippen LogP contribution in [0.4, 0.5) is 0 Å².